The van der Waals surface area contributed by atoms with Crippen molar-refractivity contribution < 1.29 is 80.9 Å². The zero-order valence-corrected chi connectivity index (χ0v) is 34.6. The standard InChI is InChI=1S/C40H61N3O17/c1-50-36(46)30-60-29-28-59-27-26-58-25-24-57-23-22-56-21-20-55-19-18-54-17-16-53-15-14-52-13-12-51-11-4-2-3-8-34(44)41-32-7-5-6-31-37(32)40(49)43(39(31)48)33-9-10-35(45)42-38(33)47/h5-7,33H,2-4,8-30H2,1H3,(H,41,44)(H,42,45,47). The largest absolute Gasteiger partial charge is 0.467 e. The number of methoxy groups -OCH3 is 1. The van der Waals surface area contributed by atoms with Crippen molar-refractivity contribution in [3.63, 3.8) is 0 Å². The van der Waals surface area contributed by atoms with Gasteiger partial charge in [0.05, 0.1) is 143 Å². The Balaban J connectivity index is 1.01. The molecule has 60 heavy (non-hydrogen) atoms. The van der Waals surface area contributed by atoms with Crippen molar-refractivity contribution in [2.24, 2.45) is 0 Å². The number of benzene rings is 1. The number of esters is 1. The van der Waals surface area contributed by atoms with Crippen LogP contribution in [-0.2, 0) is 71.3 Å². The van der Waals surface area contributed by atoms with Crippen molar-refractivity contribution in [2.45, 2.75) is 44.6 Å². The number of amides is 5. The van der Waals surface area contributed by atoms with E-state index in [-0.39, 0.29) is 48.6 Å². The lowest BCUT2D eigenvalue weighted by molar-refractivity contribution is -0.146. The molecule has 1 atom stereocenters. The number of nitrogens with one attached hydrogen (secondary N) is 2. The Morgan fingerprint density at radius 1 is 0.617 bits per heavy atom. The van der Waals surface area contributed by atoms with E-state index in [4.69, 9.17) is 47.4 Å². The second-order valence-corrected chi connectivity index (χ2v) is 13.2. The van der Waals surface area contributed by atoms with E-state index in [1.54, 1.807) is 12.1 Å². The Bertz CT molecular complexity index is 1450. The number of imide groups is 2. The third kappa shape index (κ3) is 20.5. The smallest absolute Gasteiger partial charge is 0.331 e. The maximum atomic E-state index is 13.2. The molecule has 20 heteroatoms. The molecular weight excluding hydrogens is 794 g/mol. The lowest BCUT2D eigenvalue weighted by Gasteiger charge is -2.27. The lowest BCUT2D eigenvalue weighted by Crippen LogP contribution is -2.54. The molecule has 0 radical (unpaired) electrons. The van der Waals surface area contributed by atoms with Gasteiger partial charge < -0.3 is 57.4 Å². The Morgan fingerprint density at radius 2 is 1.08 bits per heavy atom. The minimum absolute atomic E-state index is 0.0250. The van der Waals surface area contributed by atoms with Crippen molar-refractivity contribution in [2.75, 3.05) is 145 Å². The van der Waals surface area contributed by atoms with Gasteiger partial charge in [0.25, 0.3) is 11.8 Å². The molecule has 1 fully saturated rings. The summed E-state index contributed by atoms with van der Waals surface area (Å²) in [6.45, 7) is 8.32. The van der Waals surface area contributed by atoms with E-state index in [1.165, 1.54) is 13.2 Å². The Kier molecular flexibility index (Phi) is 26.8. The van der Waals surface area contributed by atoms with Crippen molar-refractivity contribution in [1.82, 2.24) is 10.2 Å². The van der Waals surface area contributed by atoms with Gasteiger partial charge in [-0.15, -0.1) is 0 Å². The molecule has 1 unspecified atom stereocenters. The summed E-state index contributed by atoms with van der Waals surface area (Å²) in [4.78, 5) is 74.4. The maximum absolute atomic E-state index is 13.2. The zero-order valence-electron chi connectivity index (χ0n) is 34.6. The number of fused-ring (bicyclic) bond motifs is 1. The first-order valence-electron chi connectivity index (χ1n) is 20.3. The second kappa shape index (κ2) is 31.8. The molecule has 3 rings (SSSR count). The summed E-state index contributed by atoms with van der Waals surface area (Å²) in [5, 5.41) is 4.90. The van der Waals surface area contributed by atoms with Gasteiger partial charge >= 0.3 is 5.97 Å². The molecule has 5 amide bonds. The fourth-order valence-corrected chi connectivity index (χ4v) is 5.69. The van der Waals surface area contributed by atoms with Gasteiger partial charge in [-0.2, -0.15) is 0 Å². The molecule has 2 heterocycles. The first-order chi connectivity index (χ1) is 29.3. The van der Waals surface area contributed by atoms with E-state index >= 15 is 0 Å². The number of nitrogens with zero attached hydrogens (tertiary/aromatic N) is 1. The predicted octanol–water partition coefficient (Wildman–Crippen LogP) is 0.926. The molecule has 2 aliphatic rings. The van der Waals surface area contributed by atoms with Crippen LogP contribution in [0.25, 0.3) is 0 Å². The molecule has 20 nitrogen and oxygen atoms in total. The zero-order chi connectivity index (χ0) is 43.0. The highest BCUT2D eigenvalue weighted by Crippen LogP contribution is 2.32. The van der Waals surface area contributed by atoms with Crippen LogP contribution in [0.15, 0.2) is 18.2 Å². The quantitative estimate of drug-likeness (QED) is 0.0539. The number of unbranched alkanes of at least 4 members (excludes halogenated alkanes) is 2. The van der Waals surface area contributed by atoms with Crippen LogP contribution >= 0.6 is 0 Å². The molecule has 1 aromatic rings. The molecule has 0 spiro atoms. The van der Waals surface area contributed by atoms with E-state index < -0.39 is 35.6 Å². The molecule has 0 saturated carbocycles. The van der Waals surface area contributed by atoms with Gasteiger partial charge in [0.1, 0.15) is 12.6 Å². The van der Waals surface area contributed by atoms with Crippen molar-refractivity contribution in [1.29, 1.82) is 0 Å². The van der Waals surface area contributed by atoms with Gasteiger partial charge in [-0.05, 0) is 31.4 Å². The molecule has 1 saturated heterocycles. The summed E-state index contributed by atoms with van der Waals surface area (Å²) in [7, 11) is 1.31. The van der Waals surface area contributed by atoms with E-state index in [0.717, 1.165) is 17.7 Å². The van der Waals surface area contributed by atoms with E-state index in [2.05, 4.69) is 15.4 Å². The van der Waals surface area contributed by atoms with Crippen molar-refractivity contribution in [3.05, 3.63) is 29.3 Å². The van der Waals surface area contributed by atoms with E-state index in [1.807, 2.05) is 0 Å². The van der Waals surface area contributed by atoms with Crippen molar-refractivity contribution >= 4 is 41.2 Å². The predicted molar refractivity (Wildman–Crippen MR) is 210 cm³/mol. The van der Waals surface area contributed by atoms with Crippen LogP contribution in [0.3, 0.4) is 0 Å². The Hall–Kier alpha value is -3.96. The molecule has 0 aliphatic carbocycles. The summed E-state index contributed by atoms with van der Waals surface area (Å²) in [6.07, 6.45) is 2.42. The summed E-state index contributed by atoms with van der Waals surface area (Å²) in [6, 6.07) is 3.52. The van der Waals surface area contributed by atoms with E-state index in [9.17, 15) is 28.8 Å². The van der Waals surface area contributed by atoms with Gasteiger partial charge in [-0.1, -0.05) is 12.5 Å². The average molecular weight is 856 g/mol. The third-order valence-electron chi connectivity index (χ3n) is 8.73. The highest BCUT2D eigenvalue weighted by Gasteiger charge is 2.45. The first kappa shape index (κ1) is 50.4. The molecule has 338 valence electrons. The minimum atomic E-state index is -1.08. The van der Waals surface area contributed by atoms with Crippen LogP contribution < -0.4 is 10.6 Å². The molecule has 0 aromatic heterocycles. The Morgan fingerprint density at radius 3 is 1.55 bits per heavy atom. The summed E-state index contributed by atoms with van der Waals surface area (Å²) in [5.74, 6) is -3.15. The van der Waals surface area contributed by atoms with E-state index in [0.29, 0.717) is 132 Å². The number of hydrogen-bond donors (Lipinski definition) is 2. The molecule has 0 bridgehead atoms. The fourth-order valence-electron chi connectivity index (χ4n) is 5.69. The maximum Gasteiger partial charge on any atom is 0.331 e. The lowest BCUT2D eigenvalue weighted by atomic mass is 10.0. The van der Waals surface area contributed by atoms with Gasteiger partial charge in [0.15, 0.2) is 0 Å². The molecular formula is C40H61N3O17. The van der Waals surface area contributed by atoms with Crippen molar-refractivity contribution in [3.8, 4) is 0 Å². The Labute approximate surface area is 350 Å². The monoisotopic (exact) mass is 855 g/mol. The summed E-state index contributed by atoms with van der Waals surface area (Å²) < 4.78 is 58.7. The summed E-state index contributed by atoms with van der Waals surface area (Å²) >= 11 is 0. The highest BCUT2D eigenvalue weighted by molar-refractivity contribution is 6.26. The minimum Gasteiger partial charge on any atom is -0.467 e. The van der Waals surface area contributed by atoms with Gasteiger partial charge in [0, 0.05) is 19.4 Å². The highest BCUT2D eigenvalue weighted by atomic mass is 16.6. The van der Waals surface area contributed by atoms with Gasteiger partial charge in [-0.3, -0.25) is 34.2 Å². The van der Waals surface area contributed by atoms with Crippen LogP contribution in [-0.4, -0.2) is 186 Å². The number of rotatable bonds is 37. The molecule has 2 aliphatic heterocycles. The number of carbonyl (C=O) groups excluding carboxylic acids is 6. The number of hydrogen-bond acceptors (Lipinski definition) is 17. The first-order valence-corrected chi connectivity index (χ1v) is 20.3. The molecule has 2 N–H and O–H groups in total. The second-order valence-electron chi connectivity index (χ2n) is 13.2. The number of anilines is 1. The number of piperidine rings is 1. The molecule has 1 aromatic carbocycles. The van der Waals surface area contributed by atoms with Crippen LogP contribution in [0.1, 0.15) is 59.2 Å². The average Bonchev–Trinajstić information content (AvgIpc) is 3.49. The van der Waals surface area contributed by atoms with Crippen LogP contribution in [0.4, 0.5) is 5.69 Å². The normalized spacial score (nSPS) is 15.1. The number of ether oxygens (including phenoxy) is 11. The van der Waals surface area contributed by atoms with Gasteiger partial charge in [-0.25, -0.2) is 4.79 Å². The SMILES string of the molecule is COC(=O)COCCOCCOCCOCCOCCOCCOCCOCCOCCOCCCCCC(=O)Nc1cccc2c1C(=O)N(C1CCC(=O)NC1=O)C2=O. The van der Waals surface area contributed by atoms with Crippen LogP contribution in [0.5, 0.6) is 0 Å². The topological polar surface area (TPSA) is 231 Å². The van der Waals surface area contributed by atoms with Gasteiger partial charge in [0.2, 0.25) is 17.7 Å². The number of carbonyl (C=O) groups is 6. The van der Waals surface area contributed by atoms with Crippen LogP contribution in [0.2, 0.25) is 0 Å². The fraction of sp³-hybridized carbons (Fsp3) is 0.700. The van der Waals surface area contributed by atoms with Crippen LogP contribution in [0, 0.1) is 0 Å². The third-order valence-corrected chi connectivity index (χ3v) is 8.73. The summed E-state index contributed by atoms with van der Waals surface area (Å²) in [5.41, 5.74) is 0.370.